The third-order valence-corrected chi connectivity index (χ3v) is 5.51. The van der Waals surface area contributed by atoms with Crippen LogP contribution in [-0.2, 0) is 23.0 Å². The lowest BCUT2D eigenvalue weighted by molar-refractivity contribution is -0.132. The molecule has 1 amide bonds. The van der Waals surface area contributed by atoms with Crippen molar-refractivity contribution >= 4 is 17.0 Å². The molecule has 0 spiro atoms. The van der Waals surface area contributed by atoms with Crippen molar-refractivity contribution in [3.8, 4) is 17.2 Å². The minimum absolute atomic E-state index is 0.0315. The minimum Gasteiger partial charge on any atom is -0.408 e. The number of oxazole rings is 1. The zero-order valence-electron chi connectivity index (χ0n) is 17.6. The fourth-order valence-electron chi connectivity index (χ4n) is 3.70. The normalized spacial score (nSPS) is 17.5. The maximum atomic E-state index is 14.8. The van der Waals surface area contributed by atoms with Crippen LogP contribution in [0.15, 0.2) is 45.6 Å². The van der Waals surface area contributed by atoms with E-state index in [4.69, 9.17) is 9.15 Å². The number of carbonyl (C=O) groups excluding carboxylic acids is 1. The van der Waals surface area contributed by atoms with Crippen molar-refractivity contribution in [2.45, 2.75) is 25.0 Å². The number of benzene rings is 2. The number of rotatable bonds is 5. The van der Waals surface area contributed by atoms with Gasteiger partial charge in [-0.3, -0.25) is 9.36 Å². The predicted octanol–water partition coefficient (Wildman–Crippen LogP) is 1.87. The summed E-state index contributed by atoms with van der Waals surface area (Å²) in [6.45, 7) is 1.61. The fraction of sp³-hybridized carbons (Fsp3) is 0.348. The zero-order valence-corrected chi connectivity index (χ0v) is 17.6. The van der Waals surface area contributed by atoms with Crippen molar-refractivity contribution in [1.82, 2.24) is 15.2 Å². The van der Waals surface area contributed by atoms with Gasteiger partial charge in [-0.2, -0.15) is 5.26 Å². The molecule has 1 saturated heterocycles. The van der Waals surface area contributed by atoms with Gasteiger partial charge in [0, 0.05) is 26.6 Å². The van der Waals surface area contributed by atoms with Gasteiger partial charge >= 0.3 is 5.76 Å². The molecule has 32 heavy (non-hydrogen) atoms. The average Bonchev–Trinajstić information content (AvgIpc) is 2.97. The highest BCUT2D eigenvalue weighted by molar-refractivity contribution is 5.82. The Morgan fingerprint density at radius 2 is 2.12 bits per heavy atom. The third kappa shape index (κ3) is 4.56. The topological polar surface area (TPSA) is 109 Å². The second-order valence-corrected chi connectivity index (χ2v) is 7.73. The summed E-state index contributed by atoms with van der Waals surface area (Å²) in [6.07, 6.45) is 0.172. The molecule has 2 aromatic carbocycles. The fourth-order valence-corrected chi connectivity index (χ4v) is 3.70. The lowest BCUT2D eigenvalue weighted by Crippen LogP contribution is -2.46. The van der Waals surface area contributed by atoms with Crippen LogP contribution >= 0.6 is 0 Å². The van der Waals surface area contributed by atoms with E-state index in [9.17, 15) is 19.2 Å². The van der Waals surface area contributed by atoms with Crippen molar-refractivity contribution in [3.05, 3.63) is 58.3 Å². The van der Waals surface area contributed by atoms with Crippen molar-refractivity contribution in [1.29, 1.82) is 5.26 Å². The zero-order chi connectivity index (χ0) is 22.7. The number of aryl methyl sites for hydroxylation is 1. The van der Waals surface area contributed by atoms with Crippen LogP contribution in [0, 0.1) is 17.1 Å². The molecule has 0 bridgehead atoms. The highest BCUT2D eigenvalue weighted by Crippen LogP contribution is 2.26. The molecule has 2 N–H and O–H groups in total. The molecule has 1 unspecified atom stereocenters. The summed E-state index contributed by atoms with van der Waals surface area (Å²) in [4.78, 5) is 24.1. The quantitative estimate of drug-likeness (QED) is 0.630. The second kappa shape index (κ2) is 9.34. The van der Waals surface area contributed by atoms with E-state index >= 15 is 0 Å². The van der Waals surface area contributed by atoms with E-state index in [2.05, 4.69) is 10.6 Å². The van der Waals surface area contributed by atoms with Gasteiger partial charge in [-0.15, -0.1) is 0 Å². The van der Waals surface area contributed by atoms with Gasteiger partial charge in [-0.05, 0) is 47.9 Å². The first-order valence-corrected chi connectivity index (χ1v) is 10.4. The summed E-state index contributed by atoms with van der Waals surface area (Å²) in [5, 5.41) is 15.2. The number of amides is 1. The van der Waals surface area contributed by atoms with Gasteiger partial charge < -0.3 is 19.8 Å². The van der Waals surface area contributed by atoms with Gasteiger partial charge in [0.25, 0.3) is 5.91 Å². The van der Waals surface area contributed by atoms with Crippen molar-refractivity contribution < 1.29 is 18.3 Å². The summed E-state index contributed by atoms with van der Waals surface area (Å²) in [7, 11) is 1.61. The van der Waals surface area contributed by atoms with Crippen LogP contribution in [0.4, 0.5) is 4.39 Å². The van der Waals surface area contributed by atoms with E-state index in [1.165, 1.54) is 10.6 Å². The van der Waals surface area contributed by atoms with Crippen LogP contribution in [0.2, 0.25) is 0 Å². The third-order valence-electron chi connectivity index (χ3n) is 5.51. The molecule has 0 radical (unpaired) electrons. The molecule has 0 aliphatic carbocycles. The van der Waals surface area contributed by atoms with Crippen LogP contribution in [0.5, 0.6) is 0 Å². The first-order chi connectivity index (χ1) is 15.5. The van der Waals surface area contributed by atoms with E-state index in [1.54, 1.807) is 37.4 Å². The van der Waals surface area contributed by atoms with E-state index in [-0.39, 0.29) is 12.3 Å². The van der Waals surface area contributed by atoms with E-state index in [0.29, 0.717) is 35.4 Å². The molecule has 0 saturated carbocycles. The standard InChI is InChI=1S/C23H23FN4O4/c1-28-19-11-15(5-6-20(19)32-23(28)30)14-3-4-16(18(24)10-14)9-17(12-25)27-22(29)21-13-26-7-2-8-31-21/h3-6,10-11,17,21,26H,2,7-9,13H2,1H3,(H,27,29)/t17?,21-/m0/s1. The Hall–Kier alpha value is -3.48. The van der Waals surface area contributed by atoms with Crippen LogP contribution in [-0.4, -0.2) is 42.3 Å². The molecule has 2 heterocycles. The monoisotopic (exact) mass is 438 g/mol. The molecule has 1 aromatic heterocycles. The molecular formula is C23H23FN4O4. The first-order valence-electron chi connectivity index (χ1n) is 10.4. The average molecular weight is 438 g/mol. The molecular weight excluding hydrogens is 415 g/mol. The molecule has 3 aromatic rings. The molecule has 4 rings (SSSR count). The van der Waals surface area contributed by atoms with Crippen molar-refractivity contribution in [3.63, 3.8) is 0 Å². The number of ether oxygens (including phenoxy) is 1. The number of fused-ring (bicyclic) bond motifs is 1. The molecule has 1 aliphatic heterocycles. The molecule has 1 aliphatic rings. The summed E-state index contributed by atoms with van der Waals surface area (Å²) in [5.74, 6) is -1.33. The van der Waals surface area contributed by atoms with E-state index in [0.717, 1.165) is 18.5 Å². The molecule has 8 nitrogen and oxygen atoms in total. The van der Waals surface area contributed by atoms with Gasteiger partial charge in [-0.25, -0.2) is 9.18 Å². The highest BCUT2D eigenvalue weighted by atomic mass is 19.1. The smallest absolute Gasteiger partial charge is 0.408 e. The Morgan fingerprint density at radius 3 is 2.91 bits per heavy atom. The van der Waals surface area contributed by atoms with Gasteiger partial charge in [0.15, 0.2) is 5.58 Å². The number of aromatic nitrogens is 1. The molecule has 1 fully saturated rings. The van der Waals surface area contributed by atoms with Gasteiger partial charge in [-0.1, -0.05) is 18.2 Å². The van der Waals surface area contributed by atoms with Crippen molar-refractivity contribution in [2.75, 3.05) is 19.7 Å². The lowest BCUT2D eigenvalue weighted by atomic mass is 10.00. The summed E-state index contributed by atoms with van der Waals surface area (Å²) in [6, 6.07) is 11.0. The van der Waals surface area contributed by atoms with Crippen LogP contribution in [0.25, 0.3) is 22.2 Å². The second-order valence-electron chi connectivity index (χ2n) is 7.73. The Bertz CT molecular complexity index is 1240. The first kappa shape index (κ1) is 21.7. The molecule has 2 atom stereocenters. The largest absolute Gasteiger partial charge is 0.419 e. The maximum Gasteiger partial charge on any atom is 0.419 e. The van der Waals surface area contributed by atoms with Crippen molar-refractivity contribution in [2.24, 2.45) is 7.05 Å². The number of nitriles is 1. The number of hydrogen-bond acceptors (Lipinski definition) is 6. The number of nitrogens with zero attached hydrogens (tertiary/aromatic N) is 2. The Balaban J connectivity index is 1.49. The van der Waals surface area contributed by atoms with Crippen LogP contribution < -0.4 is 16.4 Å². The van der Waals surface area contributed by atoms with Crippen LogP contribution in [0.3, 0.4) is 0 Å². The van der Waals surface area contributed by atoms with E-state index in [1.807, 2.05) is 6.07 Å². The maximum absolute atomic E-state index is 14.8. The Morgan fingerprint density at radius 1 is 1.34 bits per heavy atom. The SMILES string of the molecule is Cn1c(=O)oc2ccc(-c3ccc(CC(C#N)NC(=O)[C@@H]4CNCCCO4)c(F)c3)cc21. The van der Waals surface area contributed by atoms with Gasteiger partial charge in [0.2, 0.25) is 0 Å². The summed E-state index contributed by atoms with van der Waals surface area (Å²) in [5.41, 5.74) is 2.73. The van der Waals surface area contributed by atoms with Crippen LogP contribution in [0.1, 0.15) is 12.0 Å². The summed E-state index contributed by atoms with van der Waals surface area (Å²) < 4.78 is 26.9. The lowest BCUT2D eigenvalue weighted by Gasteiger charge is -2.18. The Kier molecular flexibility index (Phi) is 6.35. The molecule has 9 heteroatoms. The minimum atomic E-state index is -0.883. The number of carbonyl (C=O) groups is 1. The van der Waals surface area contributed by atoms with Gasteiger partial charge in [0.05, 0.1) is 11.6 Å². The number of hydrogen-bond donors (Lipinski definition) is 2. The Labute approximate surface area is 183 Å². The number of nitrogens with one attached hydrogen (secondary N) is 2. The predicted molar refractivity (Wildman–Crippen MR) is 115 cm³/mol. The van der Waals surface area contributed by atoms with E-state index < -0.39 is 23.7 Å². The molecule has 166 valence electrons. The number of halogens is 1. The van der Waals surface area contributed by atoms with Gasteiger partial charge in [0.1, 0.15) is 18.0 Å². The summed E-state index contributed by atoms with van der Waals surface area (Å²) >= 11 is 0. The highest BCUT2D eigenvalue weighted by Gasteiger charge is 2.24.